The summed E-state index contributed by atoms with van der Waals surface area (Å²) in [5.41, 5.74) is 2.60. The van der Waals surface area contributed by atoms with E-state index in [0.29, 0.717) is 11.8 Å². The molecule has 0 bridgehead atoms. The molecule has 1 unspecified atom stereocenters. The Bertz CT molecular complexity index is 906. The fourth-order valence-electron chi connectivity index (χ4n) is 4.28. The molecule has 2 fully saturated rings. The minimum absolute atomic E-state index is 0.125. The second-order valence-electron chi connectivity index (χ2n) is 8.39. The Morgan fingerprint density at radius 1 is 1.06 bits per heavy atom. The van der Waals surface area contributed by atoms with E-state index in [4.69, 9.17) is 9.47 Å². The number of rotatable bonds is 7. The molecule has 1 aliphatic heterocycles. The van der Waals surface area contributed by atoms with Gasteiger partial charge < -0.3 is 19.7 Å². The van der Waals surface area contributed by atoms with E-state index in [1.54, 1.807) is 0 Å². The second-order valence-corrected chi connectivity index (χ2v) is 8.39. The van der Waals surface area contributed by atoms with Crippen molar-refractivity contribution in [3.8, 4) is 11.6 Å². The van der Waals surface area contributed by atoms with E-state index in [1.165, 1.54) is 26.2 Å². The summed E-state index contributed by atoms with van der Waals surface area (Å²) in [7, 11) is 0. The summed E-state index contributed by atoms with van der Waals surface area (Å²) in [4.78, 5) is 17.9. The summed E-state index contributed by atoms with van der Waals surface area (Å²) < 4.78 is 12.3. The third-order valence-corrected chi connectivity index (χ3v) is 5.90. The lowest BCUT2D eigenvalue weighted by atomic mass is 9.98. The molecule has 1 saturated heterocycles. The summed E-state index contributed by atoms with van der Waals surface area (Å²) in [5, 5.41) is 2.71. The Balaban J connectivity index is 1.31. The summed E-state index contributed by atoms with van der Waals surface area (Å²) in [6.07, 6.45) is 9.29. The molecule has 1 N–H and O–H groups in total. The second kappa shape index (κ2) is 9.86. The van der Waals surface area contributed by atoms with Crippen molar-refractivity contribution in [3.63, 3.8) is 0 Å². The van der Waals surface area contributed by atoms with Gasteiger partial charge in [0.1, 0.15) is 18.0 Å². The molecule has 1 aromatic heterocycles. The van der Waals surface area contributed by atoms with Gasteiger partial charge in [0, 0.05) is 43.5 Å². The number of carbonyl (C=O) groups excluding carboxylic acids is 1. The first-order chi connectivity index (χ1) is 15.1. The van der Waals surface area contributed by atoms with Crippen molar-refractivity contribution in [2.24, 2.45) is 0 Å². The van der Waals surface area contributed by atoms with Crippen molar-refractivity contribution >= 4 is 17.3 Å². The van der Waals surface area contributed by atoms with Crippen LogP contribution in [0.15, 0.2) is 49.2 Å². The maximum Gasteiger partial charge on any atom is 0.221 e. The van der Waals surface area contributed by atoms with Gasteiger partial charge in [0.05, 0.1) is 6.54 Å². The zero-order valence-electron chi connectivity index (χ0n) is 18.2. The average molecular weight is 422 g/mol. The molecule has 1 amide bonds. The lowest BCUT2D eigenvalue weighted by Crippen LogP contribution is -2.25. The smallest absolute Gasteiger partial charge is 0.221 e. The fraction of sp³-hybridized carbons (Fsp3) is 0.440. The quantitative estimate of drug-likeness (QED) is 0.710. The number of hydrogen-bond donors (Lipinski definition) is 1. The summed E-state index contributed by atoms with van der Waals surface area (Å²) >= 11 is 0. The number of amides is 1. The molecule has 1 aliphatic carbocycles. The zero-order chi connectivity index (χ0) is 21.6. The molecule has 2 aliphatic rings. The van der Waals surface area contributed by atoms with Crippen molar-refractivity contribution < 1.29 is 14.3 Å². The van der Waals surface area contributed by atoms with E-state index in [9.17, 15) is 4.79 Å². The van der Waals surface area contributed by atoms with Crippen LogP contribution in [0.5, 0.6) is 11.6 Å². The number of nitrogens with one attached hydrogen (secondary N) is 1. The SMILES string of the molecule is C=C(NC(C)=O)c1ccc(OC2CCN(c3ccnc(OC4CCCCC4)c3)C2)cc1. The number of anilines is 1. The van der Waals surface area contributed by atoms with Gasteiger partial charge in [0.2, 0.25) is 11.8 Å². The summed E-state index contributed by atoms with van der Waals surface area (Å²) in [6, 6.07) is 11.8. The highest BCUT2D eigenvalue weighted by Gasteiger charge is 2.25. The third-order valence-electron chi connectivity index (χ3n) is 5.90. The van der Waals surface area contributed by atoms with Crippen molar-refractivity contribution in [1.29, 1.82) is 0 Å². The molecule has 31 heavy (non-hydrogen) atoms. The number of ether oxygens (including phenoxy) is 2. The van der Waals surface area contributed by atoms with Crippen LogP contribution in [0.1, 0.15) is 51.0 Å². The summed E-state index contributed by atoms with van der Waals surface area (Å²) in [5.74, 6) is 1.42. The number of nitrogens with zero attached hydrogens (tertiary/aromatic N) is 2. The Labute approximate surface area is 184 Å². The molecule has 164 valence electrons. The van der Waals surface area contributed by atoms with Crippen LogP contribution in [0.3, 0.4) is 0 Å². The van der Waals surface area contributed by atoms with Crippen LogP contribution in [0, 0.1) is 0 Å². The number of benzene rings is 1. The van der Waals surface area contributed by atoms with E-state index < -0.39 is 0 Å². The Morgan fingerprint density at radius 3 is 2.58 bits per heavy atom. The van der Waals surface area contributed by atoms with E-state index >= 15 is 0 Å². The standard InChI is InChI=1S/C25H31N3O3/c1-18(27-19(2)29)20-8-10-23(11-9-20)30-24-13-15-28(17-24)21-12-14-26-25(16-21)31-22-6-4-3-5-7-22/h8-12,14,16,22,24H,1,3-7,13,15,17H2,2H3,(H,27,29). The highest BCUT2D eigenvalue weighted by atomic mass is 16.5. The van der Waals surface area contributed by atoms with Crippen molar-refractivity contribution in [1.82, 2.24) is 10.3 Å². The normalized spacial score (nSPS) is 19.1. The maximum atomic E-state index is 11.2. The molecule has 1 saturated carbocycles. The van der Waals surface area contributed by atoms with Crippen molar-refractivity contribution in [2.45, 2.75) is 57.7 Å². The molecule has 0 spiro atoms. The Hall–Kier alpha value is -3.02. The topological polar surface area (TPSA) is 63.7 Å². The number of hydrogen-bond acceptors (Lipinski definition) is 5. The Kier molecular flexibility index (Phi) is 6.75. The van der Waals surface area contributed by atoms with Gasteiger partial charge in [-0.2, -0.15) is 0 Å². The highest BCUT2D eigenvalue weighted by Crippen LogP contribution is 2.28. The molecule has 1 atom stereocenters. The van der Waals surface area contributed by atoms with Crippen LogP contribution in [0.25, 0.3) is 5.70 Å². The van der Waals surface area contributed by atoms with Gasteiger partial charge in [0.15, 0.2) is 0 Å². The van der Waals surface area contributed by atoms with Crippen LogP contribution in [0.4, 0.5) is 5.69 Å². The number of aromatic nitrogens is 1. The minimum Gasteiger partial charge on any atom is -0.489 e. The van der Waals surface area contributed by atoms with E-state index in [2.05, 4.69) is 27.8 Å². The monoisotopic (exact) mass is 421 g/mol. The highest BCUT2D eigenvalue weighted by molar-refractivity contribution is 5.84. The van der Waals surface area contributed by atoms with Crippen molar-refractivity contribution in [2.75, 3.05) is 18.0 Å². The molecular weight excluding hydrogens is 390 g/mol. The lowest BCUT2D eigenvalue weighted by Gasteiger charge is -2.24. The van der Waals surface area contributed by atoms with Gasteiger partial charge in [-0.05, 0) is 61.6 Å². The van der Waals surface area contributed by atoms with E-state index in [-0.39, 0.29) is 12.0 Å². The predicted molar refractivity (Wildman–Crippen MR) is 122 cm³/mol. The third kappa shape index (κ3) is 5.78. The van der Waals surface area contributed by atoms with Crippen LogP contribution < -0.4 is 19.7 Å². The first-order valence-corrected chi connectivity index (χ1v) is 11.2. The van der Waals surface area contributed by atoms with Crippen molar-refractivity contribution in [3.05, 3.63) is 54.7 Å². The van der Waals surface area contributed by atoms with Crippen LogP contribution in [-0.2, 0) is 4.79 Å². The largest absolute Gasteiger partial charge is 0.489 e. The zero-order valence-corrected chi connectivity index (χ0v) is 18.2. The molecule has 0 radical (unpaired) electrons. The van der Waals surface area contributed by atoms with E-state index in [0.717, 1.165) is 55.2 Å². The van der Waals surface area contributed by atoms with Gasteiger partial charge >= 0.3 is 0 Å². The van der Waals surface area contributed by atoms with Crippen LogP contribution in [-0.4, -0.2) is 36.2 Å². The molecular formula is C25H31N3O3. The Morgan fingerprint density at radius 2 is 1.84 bits per heavy atom. The lowest BCUT2D eigenvalue weighted by molar-refractivity contribution is -0.117. The molecule has 1 aromatic carbocycles. The van der Waals surface area contributed by atoms with Gasteiger partial charge in [-0.1, -0.05) is 13.0 Å². The molecule has 4 rings (SSSR count). The molecule has 2 heterocycles. The van der Waals surface area contributed by atoms with Gasteiger partial charge in [0.25, 0.3) is 0 Å². The molecule has 6 heteroatoms. The van der Waals surface area contributed by atoms with Gasteiger partial charge in [-0.3, -0.25) is 4.79 Å². The first kappa shape index (κ1) is 21.2. The molecule has 2 aromatic rings. The predicted octanol–water partition coefficient (Wildman–Crippen LogP) is 4.56. The molecule has 6 nitrogen and oxygen atoms in total. The van der Waals surface area contributed by atoms with Gasteiger partial charge in [-0.15, -0.1) is 0 Å². The average Bonchev–Trinajstić information content (AvgIpc) is 3.23. The fourth-order valence-corrected chi connectivity index (χ4v) is 4.28. The maximum absolute atomic E-state index is 11.2. The summed E-state index contributed by atoms with van der Waals surface area (Å²) in [6.45, 7) is 7.13. The van der Waals surface area contributed by atoms with E-state index in [1.807, 2.05) is 36.5 Å². The number of pyridine rings is 1. The minimum atomic E-state index is -0.125. The first-order valence-electron chi connectivity index (χ1n) is 11.2. The van der Waals surface area contributed by atoms with Gasteiger partial charge in [-0.25, -0.2) is 4.98 Å². The van der Waals surface area contributed by atoms with Crippen LogP contribution >= 0.6 is 0 Å². The van der Waals surface area contributed by atoms with Crippen LogP contribution in [0.2, 0.25) is 0 Å². The number of carbonyl (C=O) groups is 1.